The average Bonchev–Trinajstić information content (AvgIpc) is 2.35. The molecule has 1 heterocycles. The number of hydrogen-bond donors (Lipinski definition) is 1. The highest BCUT2D eigenvalue weighted by Gasteiger charge is 2.13. The van der Waals surface area contributed by atoms with E-state index in [2.05, 4.69) is 32.9 Å². The molecular formula is C12H7ClFIN2O. The third-order valence-electron chi connectivity index (χ3n) is 2.17. The van der Waals surface area contributed by atoms with E-state index in [-0.39, 0.29) is 10.7 Å². The number of halogens is 3. The summed E-state index contributed by atoms with van der Waals surface area (Å²) in [6.07, 6.45) is 0.964. The predicted octanol–water partition coefficient (Wildman–Crippen LogP) is 3.73. The summed E-state index contributed by atoms with van der Waals surface area (Å²) in [4.78, 5) is 15.5. The lowest BCUT2D eigenvalue weighted by molar-refractivity contribution is 0.102. The van der Waals surface area contributed by atoms with Gasteiger partial charge in [0.25, 0.3) is 5.91 Å². The maximum Gasteiger partial charge on any atom is 0.258 e. The van der Waals surface area contributed by atoms with Crippen LogP contribution in [0.2, 0.25) is 5.15 Å². The van der Waals surface area contributed by atoms with Crippen molar-refractivity contribution in [1.82, 2.24) is 4.98 Å². The van der Waals surface area contributed by atoms with Crippen LogP contribution in [0.5, 0.6) is 0 Å². The van der Waals surface area contributed by atoms with E-state index in [9.17, 15) is 9.18 Å². The molecular weight excluding hydrogens is 370 g/mol. The minimum Gasteiger partial charge on any atom is -0.321 e. The molecule has 2 rings (SSSR count). The van der Waals surface area contributed by atoms with Gasteiger partial charge in [0.05, 0.1) is 17.4 Å². The fourth-order valence-corrected chi connectivity index (χ4v) is 2.05. The molecule has 0 atom stereocenters. The van der Waals surface area contributed by atoms with Crippen molar-refractivity contribution in [2.24, 2.45) is 0 Å². The highest BCUT2D eigenvalue weighted by Crippen LogP contribution is 2.20. The molecule has 0 unspecified atom stereocenters. The summed E-state index contributed by atoms with van der Waals surface area (Å²) in [6, 6.07) is 8.31. The van der Waals surface area contributed by atoms with Gasteiger partial charge in [0, 0.05) is 3.57 Å². The second-order valence-electron chi connectivity index (χ2n) is 3.43. The van der Waals surface area contributed by atoms with Gasteiger partial charge in [0.2, 0.25) is 0 Å². The lowest BCUT2D eigenvalue weighted by Gasteiger charge is -2.07. The summed E-state index contributed by atoms with van der Waals surface area (Å²) >= 11 is 7.85. The van der Waals surface area contributed by atoms with Crippen molar-refractivity contribution < 1.29 is 9.18 Å². The summed E-state index contributed by atoms with van der Waals surface area (Å²) in [5.74, 6) is -1.09. The van der Waals surface area contributed by atoms with Crippen LogP contribution in [0, 0.1) is 9.39 Å². The molecule has 92 valence electrons. The molecule has 0 radical (unpaired) electrons. The number of carbonyl (C=O) groups is 1. The van der Waals surface area contributed by atoms with Crippen LogP contribution in [0.15, 0.2) is 36.5 Å². The van der Waals surface area contributed by atoms with Gasteiger partial charge >= 0.3 is 0 Å². The molecule has 18 heavy (non-hydrogen) atoms. The van der Waals surface area contributed by atoms with Gasteiger partial charge in [0.15, 0.2) is 0 Å². The third kappa shape index (κ3) is 2.97. The van der Waals surface area contributed by atoms with Gasteiger partial charge in [-0.2, -0.15) is 0 Å². The number of nitrogens with one attached hydrogen (secondary N) is 1. The minimum atomic E-state index is -0.604. The van der Waals surface area contributed by atoms with Crippen molar-refractivity contribution >= 4 is 45.8 Å². The maximum absolute atomic E-state index is 13.0. The van der Waals surface area contributed by atoms with Crippen LogP contribution in [-0.4, -0.2) is 10.9 Å². The summed E-state index contributed by atoms with van der Waals surface area (Å²) < 4.78 is 13.9. The summed E-state index contributed by atoms with van der Waals surface area (Å²) in [5.41, 5.74) is 0.653. The van der Waals surface area contributed by atoms with Crippen molar-refractivity contribution in [2.75, 3.05) is 5.32 Å². The van der Waals surface area contributed by atoms with Crippen molar-refractivity contribution in [3.63, 3.8) is 0 Å². The van der Waals surface area contributed by atoms with Crippen LogP contribution in [-0.2, 0) is 0 Å². The van der Waals surface area contributed by atoms with Gasteiger partial charge in [-0.3, -0.25) is 4.79 Å². The lowest BCUT2D eigenvalue weighted by atomic mass is 10.2. The smallest absolute Gasteiger partial charge is 0.258 e. The summed E-state index contributed by atoms with van der Waals surface area (Å²) in [5, 5.41) is 2.63. The molecule has 3 nitrogen and oxygen atoms in total. The highest BCUT2D eigenvalue weighted by atomic mass is 127. The topological polar surface area (TPSA) is 42.0 Å². The average molecular weight is 377 g/mol. The first-order chi connectivity index (χ1) is 8.58. The van der Waals surface area contributed by atoms with E-state index in [4.69, 9.17) is 11.6 Å². The Morgan fingerprint density at radius 2 is 2.11 bits per heavy atom. The molecule has 1 amide bonds. The molecule has 1 aromatic heterocycles. The van der Waals surface area contributed by atoms with Crippen LogP contribution in [0.4, 0.5) is 10.1 Å². The second-order valence-corrected chi connectivity index (χ2v) is 4.95. The Morgan fingerprint density at radius 1 is 1.39 bits per heavy atom. The Balaban J connectivity index is 2.28. The van der Waals surface area contributed by atoms with Crippen molar-refractivity contribution in [3.8, 4) is 0 Å². The zero-order valence-corrected chi connectivity index (χ0v) is 11.9. The number of para-hydroxylation sites is 1. The third-order valence-corrected chi connectivity index (χ3v) is 3.41. The molecule has 0 aliphatic heterocycles. The molecule has 1 aromatic carbocycles. The standard InChI is InChI=1S/C12H7ClFIN2O/c13-11-8(5-7(14)6-16-11)12(18)17-10-4-2-1-3-9(10)15/h1-6H,(H,17,18). The molecule has 6 heteroatoms. The molecule has 0 aliphatic carbocycles. The van der Waals surface area contributed by atoms with E-state index >= 15 is 0 Å². The fraction of sp³-hybridized carbons (Fsp3) is 0. The van der Waals surface area contributed by atoms with Crippen LogP contribution in [0.25, 0.3) is 0 Å². The zero-order valence-electron chi connectivity index (χ0n) is 8.95. The van der Waals surface area contributed by atoms with Gasteiger partial charge in [-0.25, -0.2) is 9.37 Å². The second kappa shape index (κ2) is 5.62. The van der Waals surface area contributed by atoms with E-state index in [1.165, 1.54) is 0 Å². The molecule has 1 N–H and O–H groups in total. The number of aromatic nitrogens is 1. The Kier molecular flexibility index (Phi) is 4.13. The van der Waals surface area contributed by atoms with Gasteiger partial charge in [0.1, 0.15) is 11.0 Å². The number of benzene rings is 1. The molecule has 0 saturated heterocycles. The van der Waals surface area contributed by atoms with Crippen molar-refractivity contribution in [3.05, 3.63) is 56.6 Å². The minimum absolute atomic E-state index is 0.0105. The Hall–Kier alpha value is -1.21. The SMILES string of the molecule is O=C(Nc1ccccc1I)c1cc(F)cnc1Cl. The van der Waals surface area contributed by atoms with Crippen LogP contribution >= 0.6 is 34.2 Å². The highest BCUT2D eigenvalue weighted by molar-refractivity contribution is 14.1. The normalized spacial score (nSPS) is 10.2. The number of carbonyl (C=O) groups excluding carboxylic acids is 1. The molecule has 0 saturated carbocycles. The number of nitrogens with zero attached hydrogens (tertiary/aromatic N) is 1. The predicted molar refractivity (Wildman–Crippen MR) is 76.3 cm³/mol. The van der Waals surface area contributed by atoms with E-state index in [0.717, 1.165) is 15.8 Å². The van der Waals surface area contributed by atoms with E-state index in [1.807, 2.05) is 12.1 Å². The monoisotopic (exact) mass is 376 g/mol. The number of anilines is 1. The van der Waals surface area contributed by atoms with E-state index in [0.29, 0.717) is 5.69 Å². The zero-order chi connectivity index (χ0) is 13.1. The van der Waals surface area contributed by atoms with Gasteiger partial charge < -0.3 is 5.32 Å². The summed E-state index contributed by atoms with van der Waals surface area (Å²) in [7, 11) is 0. The van der Waals surface area contributed by atoms with Gasteiger partial charge in [-0.15, -0.1) is 0 Å². The van der Waals surface area contributed by atoms with Crippen LogP contribution in [0.1, 0.15) is 10.4 Å². The molecule has 0 spiro atoms. The summed E-state index contributed by atoms with van der Waals surface area (Å²) in [6.45, 7) is 0. The largest absolute Gasteiger partial charge is 0.321 e. The van der Waals surface area contributed by atoms with Gasteiger partial charge in [-0.05, 0) is 40.8 Å². The number of hydrogen-bond acceptors (Lipinski definition) is 2. The van der Waals surface area contributed by atoms with E-state index < -0.39 is 11.7 Å². The molecule has 0 bridgehead atoms. The number of pyridine rings is 1. The van der Waals surface area contributed by atoms with E-state index in [1.54, 1.807) is 12.1 Å². The quantitative estimate of drug-likeness (QED) is 0.641. The lowest BCUT2D eigenvalue weighted by Crippen LogP contribution is -2.14. The molecule has 0 aliphatic rings. The number of amides is 1. The van der Waals surface area contributed by atoms with Crippen LogP contribution < -0.4 is 5.32 Å². The van der Waals surface area contributed by atoms with Crippen molar-refractivity contribution in [2.45, 2.75) is 0 Å². The first-order valence-corrected chi connectivity index (χ1v) is 6.40. The number of rotatable bonds is 2. The first kappa shape index (κ1) is 13.2. The fourth-order valence-electron chi connectivity index (χ4n) is 1.33. The Bertz CT molecular complexity index is 606. The Morgan fingerprint density at radius 3 is 2.83 bits per heavy atom. The van der Waals surface area contributed by atoms with Crippen LogP contribution in [0.3, 0.4) is 0 Å². The Labute approximate surface area is 122 Å². The van der Waals surface area contributed by atoms with Gasteiger partial charge in [-0.1, -0.05) is 23.7 Å². The molecule has 2 aromatic rings. The first-order valence-electron chi connectivity index (χ1n) is 4.95. The van der Waals surface area contributed by atoms with Crippen molar-refractivity contribution in [1.29, 1.82) is 0 Å². The molecule has 0 fully saturated rings. The maximum atomic E-state index is 13.0.